The van der Waals surface area contributed by atoms with Gasteiger partial charge in [-0.3, -0.25) is 9.89 Å². The second kappa shape index (κ2) is 9.41. The Morgan fingerprint density at radius 3 is 2.54 bits per heavy atom. The quantitative estimate of drug-likeness (QED) is 0.538. The van der Waals surface area contributed by atoms with Gasteiger partial charge in [0.05, 0.1) is 12.9 Å². The molecule has 2 aromatic carbocycles. The number of carbonyl (C=O) groups is 1. The van der Waals surface area contributed by atoms with E-state index in [1.807, 2.05) is 36.4 Å². The number of rotatable bonds is 8. The number of nitrogens with one attached hydrogen (secondary N) is 2. The third-order valence-corrected chi connectivity index (χ3v) is 5.38. The van der Waals surface area contributed by atoms with Crippen LogP contribution in [0.15, 0.2) is 53.7 Å². The van der Waals surface area contributed by atoms with E-state index in [-0.39, 0.29) is 11.7 Å². The predicted molar refractivity (Wildman–Crippen MR) is 113 cm³/mol. The number of methoxy groups -OCH3 is 1. The number of thioether (sulfide) groups is 1. The summed E-state index contributed by atoms with van der Waals surface area (Å²) in [6.45, 7) is 4.36. The molecule has 0 unspecified atom stereocenters. The van der Waals surface area contributed by atoms with Gasteiger partial charge in [-0.25, -0.2) is 4.98 Å². The molecule has 3 aromatic rings. The molecule has 1 aromatic heterocycles. The fourth-order valence-electron chi connectivity index (χ4n) is 2.65. The smallest absolute Gasteiger partial charge is 0.234 e. The predicted octanol–water partition coefficient (Wildman–Crippen LogP) is 4.72. The fraction of sp³-hybridized carbons (Fsp3) is 0.286. The molecule has 2 N–H and O–H groups in total. The van der Waals surface area contributed by atoms with Crippen molar-refractivity contribution in [2.24, 2.45) is 0 Å². The second-order valence-corrected chi connectivity index (χ2v) is 7.41. The molecule has 0 spiro atoms. The number of aromatic nitrogens is 3. The summed E-state index contributed by atoms with van der Waals surface area (Å²) in [5.41, 5.74) is 2.99. The van der Waals surface area contributed by atoms with E-state index in [1.165, 1.54) is 17.3 Å². The first kappa shape index (κ1) is 19.9. The summed E-state index contributed by atoms with van der Waals surface area (Å²) in [7, 11) is 1.63. The highest BCUT2D eigenvalue weighted by Crippen LogP contribution is 2.23. The molecule has 0 saturated heterocycles. The molecule has 0 saturated carbocycles. The normalized spacial score (nSPS) is 11.8. The van der Waals surface area contributed by atoms with Crippen LogP contribution in [0.5, 0.6) is 5.75 Å². The molecule has 1 amide bonds. The van der Waals surface area contributed by atoms with Gasteiger partial charge >= 0.3 is 0 Å². The first-order valence-corrected chi connectivity index (χ1v) is 10.2. The van der Waals surface area contributed by atoms with Crippen LogP contribution in [0.2, 0.25) is 0 Å². The Hall–Kier alpha value is -2.80. The molecule has 3 rings (SSSR count). The van der Waals surface area contributed by atoms with E-state index in [0.717, 1.165) is 23.4 Å². The summed E-state index contributed by atoms with van der Waals surface area (Å²) in [5.74, 6) is 2.12. The number of anilines is 1. The van der Waals surface area contributed by atoms with Gasteiger partial charge in [-0.1, -0.05) is 37.7 Å². The lowest BCUT2D eigenvalue weighted by Crippen LogP contribution is -2.14. The highest BCUT2D eigenvalue weighted by atomic mass is 32.2. The molecule has 146 valence electrons. The maximum atomic E-state index is 12.2. The van der Waals surface area contributed by atoms with Crippen molar-refractivity contribution in [2.45, 2.75) is 31.3 Å². The molecular weight excluding hydrogens is 372 g/mol. The standard InChI is InChI=1S/C21H24N4O2S/c1-4-14(2)15-5-9-17(10-6-15)22-19(26)13-28-21-23-20(24-25-21)16-7-11-18(27-3)12-8-16/h5-12,14H,4,13H2,1-3H3,(H,22,26)(H,23,24,25)/t14-/m1/s1. The number of hydrogen-bond donors (Lipinski definition) is 2. The van der Waals surface area contributed by atoms with Crippen molar-refractivity contribution < 1.29 is 9.53 Å². The van der Waals surface area contributed by atoms with Crippen molar-refractivity contribution in [3.63, 3.8) is 0 Å². The molecule has 1 heterocycles. The number of H-pyrrole nitrogens is 1. The average molecular weight is 397 g/mol. The Morgan fingerprint density at radius 1 is 1.18 bits per heavy atom. The van der Waals surface area contributed by atoms with Gasteiger partial charge in [0.2, 0.25) is 11.1 Å². The zero-order chi connectivity index (χ0) is 19.9. The van der Waals surface area contributed by atoms with E-state index in [0.29, 0.717) is 16.9 Å². The zero-order valence-electron chi connectivity index (χ0n) is 16.2. The molecule has 0 bridgehead atoms. The summed E-state index contributed by atoms with van der Waals surface area (Å²) in [5, 5.41) is 10.5. The Labute approximate surface area is 169 Å². The number of benzene rings is 2. The minimum absolute atomic E-state index is 0.0860. The molecule has 6 nitrogen and oxygen atoms in total. The minimum Gasteiger partial charge on any atom is -0.497 e. The maximum Gasteiger partial charge on any atom is 0.234 e. The van der Waals surface area contributed by atoms with Gasteiger partial charge in [0.1, 0.15) is 5.75 Å². The molecule has 0 fully saturated rings. The third-order valence-electron chi connectivity index (χ3n) is 4.54. The molecule has 0 radical (unpaired) electrons. The van der Waals surface area contributed by atoms with Gasteiger partial charge in [-0.2, -0.15) is 0 Å². The molecular formula is C21H24N4O2S. The summed E-state index contributed by atoms with van der Waals surface area (Å²) in [6, 6.07) is 15.6. The minimum atomic E-state index is -0.0860. The molecule has 1 atom stereocenters. The van der Waals surface area contributed by atoms with Gasteiger partial charge in [-0.05, 0) is 54.3 Å². The summed E-state index contributed by atoms with van der Waals surface area (Å²) >= 11 is 1.29. The summed E-state index contributed by atoms with van der Waals surface area (Å²) in [6.07, 6.45) is 1.09. The Morgan fingerprint density at radius 2 is 1.89 bits per heavy atom. The van der Waals surface area contributed by atoms with Crippen LogP contribution in [0.1, 0.15) is 31.7 Å². The Bertz CT molecular complexity index is 907. The van der Waals surface area contributed by atoms with Crippen molar-refractivity contribution in [3.05, 3.63) is 54.1 Å². The molecule has 0 aliphatic heterocycles. The highest BCUT2D eigenvalue weighted by Gasteiger charge is 2.10. The lowest BCUT2D eigenvalue weighted by molar-refractivity contribution is -0.113. The van der Waals surface area contributed by atoms with Gasteiger partial charge in [0.25, 0.3) is 0 Å². The Kier molecular flexibility index (Phi) is 6.71. The maximum absolute atomic E-state index is 12.2. The monoisotopic (exact) mass is 396 g/mol. The second-order valence-electron chi connectivity index (χ2n) is 6.46. The topological polar surface area (TPSA) is 79.9 Å². The summed E-state index contributed by atoms with van der Waals surface area (Å²) < 4.78 is 5.15. The SMILES string of the molecule is CC[C@@H](C)c1ccc(NC(=O)CSc2n[nH]c(-c3ccc(OC)cc3)n2)cc1. The van der Waals surface area contributed by atoms with Gasteiger partial charge in [0, 0.05) is 11.3 Å². The zero-order valence-corrected chi connectivity index (χ0v) is 17.0. The van der Waals surface area contributed by atoms with E-state index >= 15 is 0 Å². The summed E-state index contributed by atoms with van der Waals surface area (Å²) in [4.78, 5) is 16.6. The van der Waals surface area contributed by atoms with Crippen molar-refractivity contribution in [1.29, 1.82) is 0 Å². The van der Waals surface area contributed by atoms with E-state index in [2.05, 4.69) is 46.5 Å². The molecule has 0 aliphatic rings. The average Bonchev–Trinajstić information content (AvgIpc) is 3.21. The van der Waals surface area contributed by atoms with E-state index in [4.69, 9.17) is 4.74 Å². The molecule has 7 heteroatoms. The number of amides is 1. The van der Waals surface area contributed by atoms with E-state index in [1.54, 1.807) is 7.11 Å². The first-order valence-electron chi connectivity index (χ1n) is 9.18. The van der Waals surface area contributed by atoms with Crippen molar-refractivity contribution in [3.8, 4) is 17.1 Å². The van der Waals surface area contributed by atoms with E-state index in [9.17, 15) is 4.79 Å². The Balaban J connectivity index is 1.52. The van der Waals surface area contributed by atoms with Crippen LogP contribution in [0, 0.1) is 0 Å². The number of ether oxygens (including phenoxy) is 1. The van der Waals surface area contributed by atoms with Crippen LogP contribution in [0.3, 0.4) is 0 Å². The van der Waals surface area contributed by atoms with Crippen molar-refractivity contribution in [2.75, 3.05) is 18.2 Å². The molecule has 0 aliphatic carbocycles. The van der Waals surface area contributed by atoms with Crippen molar-refractivity contribution >= 4 is 23.4 Å². The number of aromatic amines is 1. The van der Waals surface area contributed by atoms with Crippen LogP contribution in [-0.2, 0) is 4.79 Å². The first-order chi connectivity index (χ1) is 13.6. The lowest BCUT2D eigenvalue weighted by Gasteiger charge is -2.10. The van der Waals surface area contributed by atoms with Crippen LogP contribution in [-0.4, -0.2) is 34.0 Å². The number of nitrogens with zero attached hydrogens (tertiary/aromatic N) is 2. The van der Waals surface area contributed by atoms with Crippen molar-refractivity contribution in [1.82, 2.24) is 15.2 Å². The van der Waals surface area contributed by atoms with E-state index < -0.39 is 0 Å². The van der Waals surface area contributed by atoms with Gasteiger partial charge in [0.15, 0.2) is 5.82 Å². The number of carbonyl (C=O) groups excluding carboxylic acids is 1. The largest absolute Gasteiger partial charge is 0.497 e. The van der Waals surface area contributed by atoms with Crippen LogP contribution >= 0.6 is 11.8 Å². The highest BCUT2D eigenvalue weighted by molar-refractivity contribution is 7.99. The fourth-order valence-corrected chi connectivity index (χ4v) is 3.25. The van der Waals surface area contributed by atoms with Crippen LogP contribution in [0.4, 0.5) is 5.69 Å². The number of hydrogen-bond acceptors (Lipinski definition) is 5. The molecule has 28 heavy (non-hydrogen) atoms. The lowest BCUT2D eigenvalue weighted by atomic mass is 9.99. The van der Waals surface area contributed by atoms with Crippen LogP contribution in [0.25, 0.3) is 11.4 Å². The van der Waals surface area contributed by atoms with Crippen LogP contribution < -0.4 is 10.1 Å². The van der Waals surface area contributed by atoms with Gasteiger partial charge < -0.3 is 10.1 Å². The third kappa shape index (κ3) is 5.13. The van der Waals surface area contributed by atoms with Gasteiger partial charge in [-0.15, -0.1) is 5.10 Å².